The van der Waals surface area contributed by atoms with Gasteiger partial charge < -0.3 is 4.98 Å². The number of rotatable bonds is 4. The molecule has 6 nitrogen and oxygen atoms in total. The number of hydrogen-bond acceptors (Lipinski definition) is 6. The molecule has 0 unspecified atom stereocenters. The number of anilines is 1. The number of aromatic amines is 1. The van der Waals surface area contributed by atoms with E-state index in [4.69, 9.17) is 0 Å². The predicted molar refractivity (Wildman–Crippen MR) is 94.4 cm³/mol. The molecule has 2 N–H and O–H groups in total. The molecule has 118 valence electrons. The average molecular weight is 346 g/mol. The van der Waals surface area contributed by atoms with Crippen molar-refractivity contribution in [2.24, 2.45) is 0 Å². The van der Waals surface area contributed by atoms with Crippen molar-refractivity contribution in [3.05, 3.63) is 51.7 Å². The van der Waals surface area contributed by atoms with Crippen LogP contribution in [0.25, 0.3) is 10.2 Å². The van der Waals surface area contributed by atoms with Crippen LogP contribution in [0.3, 0.4) is 0 Å². The zero-order chi connectivity index (χ0) is 16.4. The van der Waals surface area contributed by atoms with Crippen molar-refractivity contribution in [1.82, 2.24) is 15.0 Å². The zero-order valence-corrected chi connectivity index (χ0v) is 14.2. The van der Waals surface area contributed by atoms with Gasteiger partial charge in [0.15, 0.2) is 5.13 Å². The van der Waals surface area contributed by atoms with Gasteiger partial charge in [0.25, 0.3) is 11.5 Å². The highest BCUT2D eigenvalue weighted by atomic mass is 32.2. The molecule has 0 fully saturated rings. The summed E-state index contributed by atoms with van der Waals surface area (Å²) in [6, 6.07) is 7.10. The van der Waals surface area contributed by atoms with E-state index in [2.05, 4.69) is 20.3 Å². The summed E-state index contributed by atoms with van der Waals surface area (Å²) < 4.78 is 1.00. The second kappa shape index (κ2) is 6.51. The lowest BCUT2D eigenvalue weighted by Crippen LogP contribution is -2.20. The molecule has 3 aromatic rings. The Balaban J connectivity index is 1.86. The molecule has 2 aromatic heterocycles. The lowest BCUT2D eigenvalue weighted by atomic mass is 10.2. The molecule has 0 saturated carbocycles. The van der Waals surface area contributed by atoms with Crippen molar-refractivity contribution in [3.63, 3.8) is 0 Å². The number of benzene rings is 1. The Morgan fingerprint density at radius 1 is 1.35 bits per heavy atom. The maximum atomic E-state index is 12.3. The second-order valence-electron chi connectivity index (χ2n) is 4.95. The van der Waals surface area contributed by atoms with Gasteiger partial charge >= 0.3 is 0 Å². The van der Waals surface area contributed by atoms with E-state index in [0.717, 1.165) is 15.8 Å². The first kappa shape index (κ1) is 15.7. The third-order valence-corrected chi connectivity index (χ3v) is 4.56. The van der Waals surface area contributed by atoms with Gasteiger partial charge in [0.1, 0.15) is 11.5 Å². The van der Waals surface area contributed by atoms with Gasteiger partial charge in [-0.3, -0.25) is 14.9 Å². The molecule has 2 heterocycles. The lowest BCUT2D eigenvalue weighted by Gasteiger charge is -2.03. The van der Waals surface area contributed by atoms with E-state index in [-0.39, 0.29) is 11.3 Å². The maximum Gasteiger partial charge on any atom is 0.276 e. The monoisotopic (exact) mass is 346 g/mol. The van der Waals surface area contributed by atoms with E-state index in [1.165, 1.54) is 29.2 Å². The van der Waals surface area contributed by atoms with Crippen molar-refractivity contribution >= 4 is 44.4 Å². The maximum absolute atomic E-state index is 12.3. The Hall–Kier alpha value is -2.19. The summed E-state index contributed by atoms with van der Waals surface area (Å²) in [6.07, 6.45) is 1.90. The molecule has 0 bridgehead atoms. The number of nitrogens with zero attached hydrogens (tertiary/aromatic N) is 2. The molecule has 0 atom stereocenters. The summed E-state index contributed by atoms with van der Waals surface area (Å²) in [5, 5.41) is 3.20. The predicted octanol–water partition coefficient (Wildman–Crippen LogP) is 2.80. The van der Waals surface area contributed by atoms with Crippen molar-refractivity contribution in [3.8, 4) is 0 Å². The van der Waals surface area contributed by atoms with Crippen molar-refractivity contribution in [2.45, 2.75) is 12.7 Å². The molecule has 0 aliphatic carbocycles. The minimum absolute atomic E-state index is 0.0910. The third kappa shape index (κ3) is 3.59. The van der Waals surface area contributed by atoms with E-state index in [1.807, 2.05) is 31.4 Å². The molecular weight excluding hydrogens is 332 g/mol. The first-order valence-corrected chi connectivity index (χ1v) is 9.04. The second-order valence-corrected chi connectivity index (χ2v) is 6.85. The first-order valence-electron chi connectivity index (χ1n) is 6.83. The van der Waals surface area contributed by atoms with Crippen LogP contribution in [0.5, 0.6) is 0 Å². The average Bonchev–Trinajstić information content (AvgIpc) is 2.88. The van der Waals surface area contributed by atoms with Gasteiger partial charge in [-0.05, 0) is 30.9 Å². The summed E-state index contributed by atoms with van der Waals surface area (Å²) in [4.78, 5) is 35.1. The molecule has 0 saturated heterocycles. The van der Waals surface area contributed by atoms with Gasteiger partial charge in [-0.15, -0.1) is 0 Å². The van der Waals surface area contributed by atoms with Crippen LogP contribution in [0.15, 0.2) is 29.1 Å². The van der Waals surface area contributed by atoms with Gasteiger partial charge in [-0.1, -0.05) is 17.4 Å². The minimum atomic E-state index is -0.436. The fraction of sp³-hybridized carbons (Fsp3) is 0.200. The van der Waals surface area contributed by atoms with Crippen LogP contribution in [-0.4, -0.2) is 27.1 Å². The molecule has 0 radical (unpaired) electrons. The number of aromatic nitrogens is 3. The number of carbonyl (C=O) groups excluding carboxylic acids is 1. The molecule has 8 heteroatoms. The molecule has 0 aliphatic heterocycles. The van der Waals surface area contributed by atoms with Crippen LogP contribution in [0.4, 0.5) is 5.13 Å². The van der Waals surface area contributed by atoms with E-state index in [1.54, 1.807) is 0 Å². The summed E-state index contributed by atoms with van der Waals surface area (Å²) >= 11 is 2.91. The zero-order valence-electron chi connectivity index (χ0n) is 12.5. The molecule has 0 aliphatic rings. The van der Waals surface area contributed by atoms with Crippen LogP contribution in [0.1, 0.15) is 21.9 Å². The molecule has 23 heavy (non-hydrogen) atoms. The fourth-order valence-corrected chi connectivity index (χ4v) is 3.45. The Morgan fingerprint density at radius 2 is 2.17 bits per heavy atom. The Morgan fingerprint density at radius 3 is 2.96 bits per heavy atom. The van der Waals surface area contributed by atoms with Crippen molar-refractivity contribution in [1.29, 1.82) is 0 Å². The number of nitrogens with one attached hydrogen (secondary N) is 2. The quantitative estimate of drug-likeness (QED) is 0.758. The van der Waals surface area contributed by atoms with Crippen LogP contribution in [-0.2, 0) is 5.75 Å². The first-order chi connectivity index (χ1) is 11.0. The molecule has 0 spiro atoms. The molecule has 1 amide bonds. The van der Waals surface area contributed by atoms with E-state index in [9.17, 15) is 9.59 Å². The number of H-pyrrole nitrogens is 1. The summed E-state index contributed by atoms with van der Waals surface area (Å²) in [6.45, 7) is 2.00. The topological polar surface area (TPSA) is 87.7 Å². The highest BCUT2D eigenvalue weighted by Crippen LogP contribution is 2.26. The highest BCUT2D eigenvalue weighted by molar-refractivity contribution is 7.97. The number of thioether (sulfide) groups is 1. The standard InChI is InChI=1S/C15H14N4O2S2/c1-8-3-4-9-11(5-8)23-15(17-9)19-14(21)10-6-13(20)18-12(16-10)7-22-2/h3-6H,7H2,1-2H3,(H,16,18,20)(H,17,19,21). The summed E-state index contributed by atoms with van der Waals surface area (Å²) in [7, 11) is 0. The molecule has 1 aromatic carbocycles. The van der Waals surface area contributed by atoms with Crippen LogP contribution in [0.2, 0.25) is 0 Å². The number of fused-ring (bicyclic) bond motifs is 1. The Labute approximate surface area is 140 Å². The van der Waals surface area contributed by atoms with Crippen LogP contribution in [0, 0.1) is 6.92 Å². The van der Waals surface area contributed by atoms with Gasteiger partial charge in [-0.2, -0.15) is 11.8 Å². The van der Waals surface area contributed by atoms with Gasteiger partial charge in [0.05, 0.1) is 16.0 Å². The van der Waals surface area contributed by atoms with E-state index < -0.39 is 5.91 Å². The molecular formula is C15H14N4O2S2. The Kier molecular flexibility index (Phi) is 4.44. The third-order valence-electron chi connectivity index (χ3n) is 3.07. The van der Waals surface area contributed by atoms with Crippen molar-refractivity contribution in [2.75, 3.05) is 11.6 Å². The van der Waals surface area contributed by atoms with Gasteiger partial charge in [-0.25, -0.2) is 9.97 Å². The number of hydrogen-bond donors (Lipinski definition) is 2. The van der Waals surface area contributed by atoms with Gasteiger partial charge in [0, 0.05) is 6.07 Å². The van der Waals surface area contributed by atoms with Gasteiger partial charge in [0.2, 0.25) is 0 Å². The van der Waals surface area contributed by atoms with Crippen molar-refractivity contribution < 1.29 is 4.79 Å². The largest absolute Gasteiger partial charge is 0.310 e. The van der Waals surface area contributed by atoms with E-state index >= 15 is 0 Å². The SMILES string of the molecule is CSCc1nc(C(=O)Nc2nc3ccc(C)cc3s2)cc(=O)[nH]1. The normalized spacial score (nSPS) is 10.9. The van der Waals surface area contributed by atoms with Crippen LogP contribution < -0.4 is 10.9 Å². The number of thiazole rings is 1. The number of aryl methyl sites for hydroxylation is 1. The fourth-order valence-electron chi connectivity index (χ4n) is 2.08. The Bertz CT molecular complexity index is 933. The summed E-state index contributed by atoms with van der Waals surface area (Å²) in [5.41, 5.74) is 1.72. The smallest absolute Gasteiger partial charge is 0.276 e. The van der Waals surface area contributed by atoms with E-state index in [0.29, 0.717) is 16.7 Å². The van der Waals surface area contributed by atoms with Crippen LogP contribution >= 0.6 is 23.1 Å². The highest BCUT2D eigenvalue weighted by Gasteiger charge is 2.13. The number of carbonyl (C=O) groups is 1. The number of amides is 1. The minimum Gasteiger partial charge on any atom is -0.310 e. The summed E-state index contributed by atoms with van der Waals surface area (Å²) in [5.74, 6) is 0.584. The lowest BCUT2D eigenvalue weighted by molar-refractivity contribution is 0.102. The molecule has 3 rings (SSSR count).